The highest BCUT2D eigenvalue weighted by Crippen LogP contribution is 2.24. The molecule has 0 unspecified atom stereocenters. The summed E-state index contributed by atoms with van der Waals surface area (Å²) in [4.78, 5) is 6.51. The van der Waals surface area contributed by atoms with Gasteiger partial charge in [-0.15, -0.1) is 0 Å². The molecule has 0 bridgehead atoms. The van der Waals surface area contributed by atoms with Crippen LogP contribution in [0.15, 0.2) is 12.4 Å². The Morgan fingerprint density at radius 3 is 2.57 bits per heavy atom. The number of anilines is 1. The Balaban J connectivity index is 2.06. The molecule has 1 aliphatic heterocycles. The molecule has 0 amide bonds. The van der Waals surface area contributed by atoms with Crippen LogP contribution in [0.4, 0.5) is 5.95 Å². The summed E-state index contributed by atoms with van der Waals surface area (Å²) in [5, 5.41) is 9.81. The predicted octanol–water partition coefficient (Wildman–Crippen LogP) is 0.771. The zero-order chi connectivity index (χ0) is 10.2. The molecule has 4 nitrogen and oxygen atoms in total. The number of hydrogen-bond donors (Lipinski definition) is 1. The Morgan fingerprint density at radius 1 is 1.43 bits per heavy atom. The lowest BCUT2D eigenvalue weighted by Crippen LogP contribution is -2.43. The molecule has 78 valence electrons. The first-order valence-corrected chi connectivity index (χ1v) is 5.03. The van der Waals surface area contributed by atoms with Crippen LogP contribution < -0.4 is 4.90 Å². The van der Waals surface area contributed by atoms with Crippen LogP contribution in [0.3, 0.4) is 0 Å². The monoisotopic (exact) mass is 195 g/mol. The number of aromatic nitrogens is 2. The molecule has 1 fully saturated rings. The molecule has 0 spiro atoms. The summed E-state index contributed by atoms with van der Waals surface area (Å²) in [6.45, 7) is 3.68. The minimum absolute atomic E-state index is 0.484. The average molecular weight is 195 g/mol. The van der Waals surface area contributed by atoms with Gasteiger partial charge >= 0.3 is 0 Å². The molecule has 2 heterocycles. The van der Waals surface area contributed by atoms with E-state index in [2.05, 4.69) is 9.88 Å². The average Bonchev–Trinajstić information content (AvgIpc) is 2.52. The van der Waals surface area contributed by atoms with Gasteiger partial charge in [0.15, 0.2) is 0 Å². The number of rotatable bonds is 1. The molecule has 2 rings (SSSR count). The van der Waals surface area contributed by atoms with Crippen molar-refractivity contribution >= 4 is 5.95 Å². The van der Waals surface area contributed by atoms with E-state index < -0.39 is 5.60 Å². The van der Waals surface area contributed by atoms with E-state index in [4.69, 9.17) is 0 Å². The number of aliphatic hydroxyl groups is 1. The van der Waals surface area contributed by atoms with E-state index >= 15 is 0 Å². The molecule has 1 N–H and O–H groups in total. The van der Waals surface area contributed by atoms with Crippen LogP contribution in [0.25, 0.3) is 0 Å². The topological polar surface area (TPSA) is 41.3 Å². The standard InChI is InChI=1S/C10H17N3O/c1-10(14)3-6-13(7-4-10)9-11-5-8-12(9)2/h5,8,14H,3-4,6-7H2,1-2H3. The highest BCUT2D eigenvalue weighted by molar-refractivity contribution is 5.31. The largest absolute Gasteiger partial charge is 0.390 e. The van der Waals surface area contributed by atoms with Crippen LogP contribution >= 0.6 is 0 Å². The maximum atomic E-state index is 9.81. The zero-order valence-electron chi connectivity index (χ0n) is 8.77. The lowest BCUT2D eigenvalue weighted by molar-refractivity contribution is 0.0348. The summed E-state index contributed by atoms with van der Waals surface area (Å²) in [5.41, 5.74) is -0.484. The second kappa shape index (κ2) is 3.28. The predicted molar refractivity (Wildman–Crippen MR) is 55.3 cm³/mol. The van der Waals surface area contributed by atoms with E-state index in [1.807, 2.05) is 30.9 Å². The first kappa shape index (κ1) is 9.52. The van der Waals surface area contributed by atoms with E-state index in [9.17, 15) is 5.11 Å². The van der Waals surface area contributed by atoms with Crippen LogP contribution in [0.5, 0.6) is 0 Å². The summed E-state index contributed by atoms with van der Waals surface area (Å²) in [6.07, 6.45) is 5.39. The Bertz CT molecular complexity index is 309. The lowest BCUT2D eigenvalue weighted by Gasteiger charge is -2.36. The van der Waals surface area contributed by atoms with Gasteiger partial charge in [-0.3, -0.25) is 0 Å². The van der Waals surface area contributed by atoms with Gasteiger partial charge in [0, 0.05) is 32.5 Å². The Morgan fingerprint density at radius 2 is 2.07 bits per heavy atom. The molecule has 0 atom stereocenters. The van der Waals surface area contributed by atoms with Crippen molar-refractivity contribution < 1.29 is 5.11 Å². The maximum absolute atomic E-state index is 9.81. The second-order valence-electron chi connectivity index (χ2n) is 4.32. The lowest BCUT2D eigenvalue weighted by atomic mass is 9.94. The van der Waals surface area contributed by atoms with Gasteiger partial charge in [0.25, 0.3) is 0 Å². The molecular weight excluding hydrogens is 178 g/mol. The molecule has 1 saturated heterocycles. The molecule has 1 aliphatic rings. The van der Waals surface area contributed by atoms with Crippen molar-refractivity contribution in [3.63, 3.8) is 0 Å². The molecule has 1 aromatic rings. The summed E-state index contributed by atoms with van der Waals surface area (Å²) >= 11 is 0. The summed E-state index contributed by atoms with van der Waals surface area (Å²) < 4.78 is 2.01. The molecule has 0 aromatic carbocycles. The van der Waals surface area contributed by atoms with Crippen LogP contribution in [0.1, 0.15) is 19.8 Å². The smallest absolute Gasteiger partial charge is 0.205 e. The van der Waals surface area contributed by atoms with Crippen molar-refractivity contribution in [3.05, 3.63) is 12.4 Å². The van der Waals surface area contributed by atoms with Gasteiger partial charge in [-0.05, 0) is 19.8 Å². The molecule has 0 radical (unpaired) electrons. The van der Waals surface area contributed by atoms with Crippen molar-refractivity contribution in [3.8, 4) is 0 Å². The van der Waals surface area contributed by atoms with Gasteiger partial charge in [-0.25, -0.2) is 4.98 Å². The van der Waals surface area contributed by atoms with Crippen molar-refractivity contribution in [2.75, 3.05) is 18.0 Å². The van der Waals surface area contributed by atoms with Gasteiger partial charge in [0.2, 0.25) is 5.95 Å². The molecule has 4 heteroatoms. The normalized spacial score (nSPS) is 21.2. The zero-order valence-corrected chi connectivity index (χ0v) is 8.77. The van der Waals surface area contributed by atoms with Crippen molar-refractivity contribution in [2.24, 2.45) is 7.05 Å². The second-order valence-corrected chi connectivity index (χ2v) is 4.32. The molecule has 0 saturated carbocycles. The fourth-order valence-corrected chi connectivity index (χ4v) is 1.85. The first-order valence-electron chi connectivity index (χ1n) is 5.03. The number of nitrogens with zero attached hydrogens (tertiary/aromatic N) is 3. The number of imidazole rings is 1. The highest BCUT2D eigenvalue weighted by Gasteiger charge is 2.28. The quantitative estimate of drug-likeness (QED) is 0.719. The van der Waals surface area contributed by atoms with Crippen LogP contribution in [-0.4, -0.2) is 33.3 Å². The van der Waals surface area contributed by atoms with Gasteiger partial charge in [0.05, 0.1) is 5.60 Å². The van der Waals surface area contributed by atoms with Crippen LogP contribution in [0, 0.1) is 0 Å². The molecule has 14 heavy (non-hydrogen) atoms. The maximum Gasteiger partial charge on any atom is 0.205 e. The highest BCUT2D eigenvalue weighted by atomic mass is 16.3. The van der Waals surface area contributed by atoms with E-state index in [0.29, 0.717) is 0 Å². The number of piperidine rings is 1. The minimum atomic E-state index is -0.484. The Kier molecular flexibility index (Phi) is 2.23. The van der Waals surface area contributed by atoms with Gasteiger partial charge in [-0.1, -0.05) is 0 Å². The third kappa shape index (κ3) is 1.75. The van der Waals surface area contributed by atoms with E-state index in [1.165, 1.54) is 0 Å². The molecule has 1 aromatic heterocycles. The number of hydrogen-bond acceptors (Lipinski definition) is 3. The fourth-order valence-electron chi connectivity index (χ4n) is 1.85. The molecular formula is C10H17N3O. The van der Waals surface area contributed by atoms with Crippen molar-refractivity contribution in [2.45, 2.75) is 25.4 Å². The minimum Gasteiger partial charge on any atom is -0.390 e. The summed E-state index contributed by atoms with van der Waals surface area (Å²) in [6, 6.07) is 0. The third-order valence-corrected chi connectivity index (χ3v) is 2.92. The summed E-state index contributed by atoms with van der Waals surface area (Å²) in [7, 11) is 2.00. The van der Waals surface area contributed by atoms with E-state index in [1.54, 1.807) is 0 Å². The number of aryl methyl sites for hydroxylation is 1. The van der Waals surface area contributed by atoms with Crippen molar-refractivity contribution in [1.29, 1.82) is 0 Å². The van der Waals surface area contributed by atoms with Crippen LogP contribution in [0.2, 0.25) is 0 Å². The van der Waals surface area contributed by atoms with Crippen LogP contribution in [-0.2, 0) is 7.05 Å². The van der Waals surface area contributed by atoms with Gasteiger partial charge in [-0.2, -0.15) is 0 Å². The Hall–Kier alpha value is -1.03. The first-order chi connectivity index (χ1) is 6.58. The fraction of sp³-hybridized carbons (Fsp3) is 0.700. The summed E-state index contributed by atoms with van der Waals surface area (Å²) in [5.74, 6) is 1.00. The SMILES string of the molecule is Cn1ccnc1N1CCC(C)(O)CC1. The Labute approximate surface area is 84.2 Å². The molecule has 0 aliphatic carbocycles. The van der Waals surface area contributed by atoms with E-state index in [-0.39, 0.29) is 0 Å². The third-order valence-electron chi connectivity index (χ3n) is 2.92. The van der Waals surface area contributed by atoms with E-state index in [0.717, 1.165) is 31.9 Å². The van der Waals surface area contributed by atoms with Gasteiger partial charge in [0.1, 0.15) is 0 Å². The van der Waals surface area contributed by atoms with Gasteiger partial charge < -0.3 is 14.6 Å². The van der Waals surface area contributed by atoms with Crippen molar-refractivity contribution in [1.82, 2.24) is 9.55 Å².